The molecule has 0 fully saturated rings. The molecule has 1 aliphatic rings. The fourth-order valence-corrected chi connectivity index (χ4v) is 3.57. The lowest BCUT2D eigenvalue weighted by Gasteiger charge is -2.23. The quantitative estimate of drug-likeness (QED) is 0.731. The van der Waals surface area contributed by atoms with E-state index < -0.39 is 0 Å². The summed E-state index contributed by atoms with van der Waals surface area (Å²) in [6, 6.07) is 17.0. The van der Waals surface area contributed by atoms with E-state index in [1.807, 2.05) is 6.07 Å². The number of benzene rings is 2. The summed E-state index contributed by atoms with van der Waals surface area (Å²) in [6.07, 6.45) is 3.41. The van der Waals surface area contributed by atoms with E-state index in [9.17, 15) is 5.11 Å². The highest BCUT2D eigenvalue weighted by Gasteiger charge is 2.23. The van der Waals surface area contributed by atoms with Gasteiger partial charge in [-0.3, -0.25) is 0 Å². The zero-order chi connectivity index (χ0) is 14.2. The second-order valence-electron chi connectivity index (χ2n) is 5.97. The number of aromatic nitrogens is 1. The third-order valence-corrected chi connectivity index (χ3v) is 4.71. The molecule has 0 spiro atoms. The van der Waals surface area contributed by atoms with Crippen LogP contribution in [0, 0.1) is 0 Å². The Morgan fingerprint density at radius 2 is 1.95 bits per heavy atom. The van der Waals surface area contributed by atoms with Crippen molar-refractivity contribution in [2.24, 2.45) is 0 Å². The van der Waals surface area contributed by atoms with Gasteiger partial charge in [-0.25, -0.2) is 0 Å². The predicted molar refractivity (Wildman–Crippen MR) is 85.4 cm³/mol. The summed E-state index contributed by atoms with van der Waals surface area (Å²) in [7, 11) is 0. The zero-order valence-corrected chi connectivity index (χ0v) is 12.0. The van der Waals surface area contributed by atoms with Crippen molar-refractivity contribution in [2.45, 2.75) is 31.8 Å². The highest BCUT2D eigenvalue weighted by molar-refractivity contribution is 5.85. The topological polar surface area (TPSA) is 36.0 Å². The third kappa shape index (κ3) is 2.16. The summed E-state index contributed by atoms with van der Waals surface area (Å²) in [6.45, 7) is 0.109. The molecule has 2 nitrogen and oxygen atoms in total. The molecule has 0 radical (unpaired) electrons. The molecule has 0 aliphatic heterocycles. The minimum absolute atomic E-state index is 0.109. The van der Waals surface area contributed by atoms with Crippen molar-refractivity contribution in [3.05, 3.63) is 70.9 Å². The molecule has 106 valence electrons. The van der Waals surface area contributed by atoms with Gasteiger partial charge in [0.1, 0.15) is 0 Å². The Hall–Kier alpha value is -2.06. The maximum atomic E-state index is 9.36. The Kier molecular flexibility index (Phi) is 3.04. The smallest absolute Gasteiger partial charge is 0.0682 e. The maximum absolute atomic E-state index is 9.36. The number of hydrogen-bond donors (Lipinski definition) is 2. The first kappa shape index (κ1) is 12.7. The van der Waals surface area contributed by atoms with Crippen LogP contribution >= 0.6 is 0 Å². The fourth-order valence-electron chi connectivity index (χ4n) is 3.57. The first-order valence-corrected chi connectivity index (χ1v) is 7.63. The summed E-state index contributed by atoms with van der Waals surface area (Å²) >= 11 is 0. The van der Waals surface area contributed by atoms with Crippen molar-refractivity contribution in [1.29, 1.82) is 0 Å². The number of rotatable bonds is 2. The molecule has 4 rings (SSSR count). The van der Waals surface area contributed by atoms with Crippen molar-refractivity contribution in [3.8, 4) is 0 Å². The number of H-pyrrole nitrogens is 1. The van der Waals surface area contributed by atoms with E-state index in [2.05, 4.69) is 47.4 Å². The van der Waals surface area contributed by atoms with E-state index in [-0.39, 0.29) is 6.61 Å². The number of aryl methyl sites for hydroxylation is 1. The number of aliphatic hydroxyl groups is 1. The molecule has 3 aromatic rings. The van der Waals surface area contributed by atoms with Crippen LogP contribution in [0.15, 0.2) is 48.5 Å². The van der Waals surface area contributed by atoms with Crippen LogP contribution in [0.4, 0.5) is 0 Å². The zero-order valence-electron chi connectivity index (χ0n) is 12.0. The normalized spacial score (nSPS) is 17.9. The molecule has 0 saturated carbocycles. The van der Waals surface area contributed by atoms with E-state index in [0.717, 1.165) is 18.4 Å². The number of aromatic amines is 1. The summed E-state index contributed by atoms with van der Waals surface area (Å²) in [5, 5.41) is 10.6. The monoisotopic (exact) mass is 277 g/mol. The number of fused-ring (bicyclic) bond motifs is 3. The predicted octanol–water partition coefficient (Wildman–Crippen LogP) is 3.93. The van der Waals surface area contributed by atoms with Gasteiger partial charge in [0.15, 0.2) is 0 Å². The van der Waals surface area contributed by atoms with Crippen LogP contribution in [0.25, 0.3) is 10.9 Å². The first-order chi connectivity index (χ1) is 10.3. The Bertz CT molecular complexity index is 773. The van der Waals surface area contributed by atoms with E-state index in [1.165, 1.54) is 34.1 Å². The molecule has 2 aromatic carbocycles. The van der Waals surface area contributed by atoms with Crippen molar-refractivity contribution in [2.75, 3.05) is 0 Å². The van der Waals surface area contributed by atoms with Gasteiger partial charge in [0.05, 0.1) is 6.61 Å². The minimum atomic E-state index is 0.109. The second kappa shape index (κ2) is 5.05. The first-order valence-electron chi connectivity index (χ1n) is 7.63. The lowest BCUT2D eigenvalue weighted by molar-refractivity contribution is 0.282. The van der Waals surface area contributed by atoms with Gasteiger partial charge in [-0.05, 0) is 54.0 Å². The van der Waals surface area contributed by atoms with Gasteiger partial charge >= 0.3 is 0 Å². The fraction of sp³-hybridized carbons (Fsp3) is 0.263. The number of aliphatic hydroxyl groups excluding tert-OH is 1. The third-order valence-electron chi connectivity index (χ3n) is 4.71. The van der Waals surface area contributed by atoms with E-state index in [1.54, 1.807) is 0 Å². The molecule has 1 aliphatic carbocycles. The summed E-state index contributed by atoms with van der Waals surface area (Å²) in [5.74, 6) is 0.607. The molecular weight excluding hydrogens is 258 g/mol. The SMILES string of the molecule is OCc1ccc2[nH]c3c(c2c1)C[C@@H](c1ccccc1)CC3. The van der Waals surface area contributed by atoms with Gasteiger partial charge in [0, 0.05) is 16.6 Å². The molecule has 21 heavy (non-hydrogen) atoms. The maximum Gasteiger partial charge on any atom is 0.0682 e. The van der Waals surface area contributed by atoms with Crippen molar-refractivity contribution >= 4 is 10.9 Å². The lowest BCUT2D eigenvalue weighted by Crippen LogP contribution is -2.11. The Labute approximate surface area is 124 Å². The molecule has 0 amide bonds. The molecule has 0 bridgehead atoms. The van der Waals surface area contributed by atoms with Gasteiger partial charge in [0.25, 0.3) is 0 Å². The highest BCUT2D eigenvalue weighted by Crippen LogP contribution is 2.36. The number of nitrogens with one attached hydrogen (secondary N) is 1. The van der Waals surface area contributed by atoms with Crippen LogP contribution in [0.5, 0.6) is 0 Å². The van der Waals surface area contributed by atoms with E-state index in [4.69, 9.17) is 0 Å². The molecular formula is C19H19NO. The Morgan fingerprint density at radius 1 is 1.10 bits per heavy atom. The van der Waals surface area contributed by atoms with Gasteiger partial charge < -0.3 is 10.1 Å². The standard InChI is InChI=1S/C19H19NO/c21-12-13-6-8-18-16(10-13)17-11-15(7-9-19(17)20-18)14-4-2-1-3-5-14/h1-6,8,10,15,20-21H,7,9,11-12H2/t15-/m0/s1. The molecule has 2 N–H and O–H groups in total. The molecule has 1 aromatic heterocycles. The van der Waals surface area contributed by atoms with Crippen LogP contribution in [0.3, 0.4) is 0 Å². The van der Waals surface area contributed by atoms with E-state index >= 15 is 0 Å². The van der Waals surface area contributed by atoms with Gasteiger partial charge in [0.2, 0.25) is 0 Å². The summed E-state index contributed by atoms with van der Waals surface area (Å²) < 4.78 is 0. The summed E-state index contributed by atoms with van der Waals surface area (Å²) in [5.41, 5.74) is 6.46. The molecule has 2 heteroatoms. The van der Waals surface area contributed by atoms with Crippen molar-refractivity contribution in [3.63, 3.8) is 0 Å². The molecule has 0 saturated heterocycles. The van der Waals surface area contributed by atoms with Crippen LogP contribution in [0.1, 0.15) is 34.7 Å². The van der Waals surface area contributed by atoms with E-state index in [0.29, 0.717) is 5.92 Å². The van der Waals surface area contributed by atoms with Crippen molar-refractivity contribution < 1.29 is 5.11 Å². The Morgan fingerprint density at radius 3 is 2.76 bits per heavy atom. The van der Waals surface area contributed by atoms with Gasteiger partial charge in [-0.15, -0.1) is 0 Å². The summed E-state index contributed by atoms with van der Waals surface area (Å²) in [4.78, 5) is 3.56. The Balaban J connectivity index is 1.76. The molecule has 0 unspecified atom stereocenters. The molecule has 1 heterocycles. The van der Waals surface area contributed by atoms with Crippen LogP contribution in [-0.2, 0) is 19.4 Å². The highest BCUT2D eigenvalue weighted by atomic mass is 16.3. The molecule has 1 atom stereocenters. The second-order valence-corrected chi connectivity index (χ2v) is 5.97. The van der Waals surface area contributed by atoms with Crippen LogP contribution in [-0.4, -0.2) is 10.1 Å². The van der Waals surface area contributed by atoms with Crippen LogP contribution in [0.2, 0.25) is 0 Å². The average molecular weight is 277 g/mol. The number of hydrogen-bond acceptors (Lipinski definition) is 1. The minimum Gasteiger partial charge on any atom is -0.392 e. The van der Waals surface area contributed by atoms with Crippen molar-refractivity contribution in [1.82, 2.24) is 4.98 Å². The average Bonchev–Trinajstić information content (AvgIpc) is 2.92. The lowest BCUT2D eigenvalue weighted by atomic mass is 9.82. The van der Waals surface area contributed by atoms with Gasteiger partial charge in [-0.1, -0.05) is 36.4 Å². The van der Waals surface area contributed by atoms with Crippen LogP contribution < -0.4 is 0 Å². The van der Waals surface area contributed by atoms with Gasteiger partial charge in [-0.2, -0.15) is 0 Å². The largest absolute Gasteiger partial charge is 0.392 e.